The molecule has 1 aromatic carbocycles. The SMILES string of the molecule is O=C1C=C[C@@H]2O[C@H]1[C@@H](c1ccccc1)O2. The highest BCUT2D eigenvalue weighted by atomic mass is 16.7. The smallest absolute Gasteiger partial charge is 0.187 e. The van der Waals surface area contributed by atoms with Crippen molar-refractivity contribution >= 4 is 5.78 Å². The second-order valence-corrected chi connectivity index (χ2v) is 3.65. The van der Waals surface area contributed by atoms with E-state index in [-0.39, 0.29) is 18.2 Å². The lowest BCUT2D eigenvalue weighted by atomic mass is 10.0. The molecule has 0 unspecified atom stereocenters. The Morgan fingerprint density at radius 1 is 1.00 bits per heavy atom. The number of ketones is 1. The summed E-state index contributed by atoms with van der Waals surface area (Å²) >= 11 is 0. The number of hydrogen-bond donors (Lipinski definition) is 0. The highest BCUT2D eigenvalue weighted by Crippen LogP contribution is 2.35. The van der Waals surface area contributed by atoms with E-state index in [1.165, 1.54) is 0 Å². The molecule has 0 N–H and O–H groups in total. The van der Waals surface area contributed by atoms with Gasteiger partial charge in [0.05, 0.1) is 0 Å². The Morgan fingerprint density at radius 2 is 1.73 bits per heavy atom. The van der Waals surface area contributed by atoms with Crippen molar-refractivity contribution < 1.29 is 14.3 Å². The molecule has 3 heteroatoms. The van der Waals surface area contributed by atoms with E-state index >= 15 is 0 Å². The summed E-state index contributed by atoms with van der Waals surface area (Å²) in [4.78, 5) is 11.5. The van der Waals surface area contributed by atoms with Crippen LogP contribution in [0.3, 0.4) is 0 Å². The lowest BCUT2D eigenvalue weighted by Crippen LogP contribution is -2.26. The quantitative estimate of drug-likeness (QED) is 0.694. The highest BCUT2D eigenvalue weighted by molar-refractivity contribution is 5.95. The van der Waals surface area contributed by atoms with Crippen molar-refractivity contribution in [2.75, 3.05) is 0 Å². The third kappa shape index (κ3) is 1.40. The molecule has 76 valence electrons. The minimum Gasteiger partial charge on any atom is -0.338 e. The van der Waals surface area contributed by atoms with Crippen LogP contribution in [-0.2, 0) is 14.3 Å². The van der Waals surface area contributed by atoms with E-state index < -0.39 is 6.10 Å². The zero-order chi connectivity index (χ0) is 10.3. The van der Waals surface area contributed by atoms with Crippen LogP contribution in [0.25, 0.3) is 0 Å². The van der Waals surface area contributed by atoms with E-state index in [2.05, 4.69) is 0 Å². The zero-order valence-electron chi connectivity index (χ0n) is 8.00. The molecular formula is C12H10O3. The monoisotopic (exact) mass is 202 g/mol. The maximum Gasteiger partial charge on any atom is 0.187 e. The average Bonchev–Trinajstić information content (AvgIpc) is 2.65. The molecule has 1 saturated heterocycles. The number of carbonyl (C=O) groups is 1. The van der Waals surface area contributed by atoms with Crippen molar-refractivity contribution in [2.24, 2.45) is 0 Å². The predicted molar refractivity (Wildman–Crippen MR) is 53.1 cm³/mol. The fourth-order valence-electron chi connectivity index (χ4n) is 1.94. The van der Waals surface area contributed by atoms with Crippen molar-refractivity contribution in [2.45, 2.75) is 18.5 Å². The highest BCUT2D eigenvalue weighted by Gasteiger charge is 2.42. The van der Waals surface area contributed by atoms with Gasteiger partial charge < -0.3 is 9.47 Å². The second kappa shape index (κ2) is 3.29. The number of fused-ring (bicyclic) bond motifs is 2. The molecule has 2 heterocycles. The lowest BCUT2D eigenvalue weighted by Gasteiger charge is -2.14. The summed E-state index contributed by atoms with van der Waals surface area (Å²) in [6.45, 7) is 0. The summed E-state index contributed by atoms with van der Waals surface area (Å²) in [6.07, 6.45) is 2.10. The van der Waals surface area contributed by atoms with Gasteiger partial charge in [0.1, 0.15) is 6.10 Å². The Balaban J connectivity index is 1.94. The summed E-state index contributed by atoms with van der Waals surface area (Å²) in [6, 6.07) is 9.69. The van der Waals surface area contributed by atoms with Crippen molar-refractivity contribution in [3.05, 3.63) is 48.0 Å². The van der Waals surface area contributed by atoms with Gasteiger partial charge in [-0.1, -0.05) is 30.3 Å². The van der Waals surface area contributed by atoms with Gasteiger partial charge in [-0.2, -0.15) is 0 Å². The first-order valence-corrected chi connectivity index (χ1v) is 4.92. The molecule has 0 saturated carbocycles. The summed E-state index contributed by atoms with van der Waals surface area (Å²) in [5.41, 5.74) is 0.988. The third-order valence-corrected chi connectivity index (χ3v) is 2.66. The Bertz CT molecular complexity index is 410. The minimum absolute atomic E-state index is 0.0161. The summed E-state index contributed by atoms with van der Waals surface area (Å²) in [5, 5.41) is 0. The lowest BCUT2D eigenvalue weighted by molar-refractivity contribution is -0.126. The summed E-state index contributed by atoms with van der Waals surface area (Å²) < 4.78 is 11.0. The molecule has 0 aliphatic carbocycles. The largest absolute Gasteiger partial charge is 0.338 e. The molecule has 3 nitrogen and oxygen atoms in total. The normalized spacial score (nSPS) is 33.3. The van der Waals surface area contributed by atoms with E-state index in [4.69, 9.17) is 9.47 Å². The van der Waals surface area contributed by atoms with Gasteiger partial charge >= 0.3 is 0 Å². The molecule has 2 bridgehead atoms. The van der Waals surface area contributed by atoms with Crippen LogP contribution in [0.1, 0.15) is 11.7 Å². The van der Waals surface area contributed by atoms with Gasteiger partial charge in [-0.05, 0) is 17.7 Å². The Hall–Kier alpha value is -1.45. The van der Waals surface area contributed by atoms with Gasteiger partial charge in [-0.3, -0.25) is 4.79 Å². The standard InChI is InChI=1S/C12H10O3/c13-9-6-7-10-14-11(12(9)15-10)8-4-2-1-3-5-8/h1-7,10-12H/t10-,11+,12+/m0/s1. The Labute approximate surface area is 87.3 Å². The van der Waals surface area contributed by atoms with Crippen LogP contribution in [0, 0.1) is 0 Å². The molecule has 0 amide bonds. The van der Waals surface area contributed by atoms with E-state index in [9.17, 15) is 4.79 Å². The number of carbonyl (C=O) groups excluding carboxylic acids is 1. The van der Waals surface area contributed by atoms with E-state index in [0.29, 0.717) is 0 Å². The minimum atomic E-state index is -0.470. The first-order valence-electron chi connectivity index (χ1n) is 4.92. The average molecular weight is 202 g/mol. The van der Waals surface area contributed by atoms with Crippen LogP contribution in [0.4, 0.5) is 0 Å². The molecule has 3 rings (SSSR count). The molecule has 1 fully saturated rings. The Kier molecular flexibility index (Phi) is 1.94. The van der Waals surface area contributed by atoms with Crippen LogP contribution in [0.15, 0.2) is 42.5 Å². The van der Waals surface area contributed by atoms with Gasteiger partial charge in [0.15, 0.2) is 18.2 Å². The molecule has 2 aliphatic heterocycles. The van der Waals surface area contributed by atoms with Crippen LogP contribution in [-0.4, -0.2) is 18.2 Å². The fraction of sp³-hybridized carbons (Fsp3) is 0.250. The van der Waals surface area contributed by atoms with Gasteiger partial charge in [0, 0.05) is 0 Å². The van der Waals surface area contributed by atoms with Gasteiger partial charge in [0.2, 0.25) is 0 Å². The molecule has 0 radical (unpaired) electrons. The van der Waals surface area contributed by atoms with E-state index in [1.807, 2.05) is 30.3 Å². The zero-order valence-corrected chi connectivity index (χ0v) is 8.00. The van der Waals surface area contributed by atoms with Crippen LogP contribution >= 0.6 is 0 Å². The number of rotatable bonds is 1. The molecule has 15 heavy (non-hydrogen) atoms. The number of ether oxygens (including phenoxy) is 2. The molecule has 3 atom stereocenters. The van der Waals surface area contributed by atoms with Crippen LogP contribution in [0.2, 0.25) is 0 Å². The maximum atomic E-state index is 11.5. The number of benzene rings is 1. The molecule has 0 spiro atoms. The fourth-order valence-corrected chi connectivity index (χ4v) is 1.94. The molecular weight excluding hydrogens is 192 g/mol. The first-order chi connectivity index (χ1) is 7.34. The van der Waals surface area contributed by atoms with Gasteiger partial charge in [0.25, 0.3) is 0 Å². The van der Waals surface area contributed by atoms with Crippen LogP contribution < -0.4 is 0 Å². The van der Waals surface area contributed by atoms with E-state index in [1.54, 1.807) is 12.2 Å². The summed E-state index contributed by atoms with van der Waals surface area (Å²) in [7, 11) is 0. The van der Waals surface area contributed by atoms with Gasteiger partial charge in [-0.15, -0.1) is 0 Å². The molecule has 1 aromatic rings. The van der Waals surface area contributed by atoms with Crippen molar-refractivity contribution in [1.82, 2.24) is 0 Å². The molecule has 0 aromatic heterocycles. The maximum absolute atomic E-state index is 11.5. The van der Waals surface area contributed by atoms with Crippen molar-refractivity contribution in [3.8, 4) is 0 Å². The first kappa shape index (κ1) is 8.83. The van der Waals surface area contributed by atoms with Crippen LogP contribution in [0.5, 0.6) is 0 Å². The predicted octanol–water partition coefficient (Wildman–Crippen LogP) is 1.61. The summed E-state index contributed by atoms with van der Waals surface area (Å²) in [5.74, 6) is -0.0161. The topological polar surface area (TPSA) is 35.5 Å². The Morgan fingerprint density at radius 3 is 2.53 bits per heavy atom. The molecule has 2 aliphatic rings. The van der Waals surface area contributed by atoms with Gasteiger partial charge in [-0.25, -0.2) is 0 Å². The number of hydrogen-bond acceptors (Lipinski definition) is 3. The van der Waals surface area contributed by atoms with E-state index in [0.717, 1.165) is 5.56 Å². The second-order valence-electron chi connectivity index (χ2n) is 3.65. The van der Waals surface area contributed by atoms with Crippen molar-refractivity contribution in [1.29, 1.82) is 0 Å². The van der Waals surface area contributed by atoms with Crippen molar-refractivity contribution in [3.63, 3.8) is 0 Å². The third-order valence-electron chi connectivity index (χ3n) is 2.66.